The first-order valence-corrected chi connectivity index (χ1v) is 3.30. The average Bonchev–Trinajstić information content (AvgIpc) is 2.00. The highest BCUT2D eigenvalue weighted by molar-refractivity contribution is 5.90. The fourth-order valence-electron chi connectivity index (χ4n) is 0.724. The first kappa shape index (κ1) is 12.3. The summed E-state index contributed by atoms with van der Waals surface area (Å²) in [7, 11) is 0. The SMILES string of the molecule is O=C(O)CC(O)(C(=O)O)[C@@H](O)C(=O)O. The van der Waals surface area contributed by atoms with Crippen LogP contribution in [-0.4, -0.2) is 55.1 Å². The third kappa shape index (κ3) is 2.41. The molecule has 0 fully saturated rings. The fraction of sp³-hybridized carbons (Fsp3) is 0.500. The van der Waals surface area contributed by atoms with Gasteiger partial charge in [0.2, 0.25) is 5.60 Å². The molecule has 0 rings (SSSR count). The van der Waals surface area contributed by atoms with Gasteiger partial charge in [-0.15, -0.1) is 0 Å². The summed E-state index contributed by atoms with van der Waals surface area (Å²) in [4.78, 5) is 30.7. The summed E-state index contributed by atoms with van der Waals surface area (Å²) in [5, 5.41) is 42.6. The maximum atomic E-state index is 10.4. The van der Waals surface area contributed by atoms with Gasteiger partial charge in [0.1, 0.15) is 0 Å². The summed E-state index contributed by atoms with van der Waals surface area (Å²) in [5.74, 6) is -5.87. The van der Waals surface area contributed by atoms with E-state index >= 15 is 0 Å². The van der Waals surface area contributed by atoms with Crippen LogP contribution in [0.15, 0.2) is 0 Å². The van der Waals surface area contributed by atoms with Crippen LogP contribution in [0.5, 0.6) is 0 Å². The van der Waals surface area contributed by atoms with Gasteiger partial charge in [-0.2, -0.15) is 0 Å². The molecule has 0 saturated carbocycles. The molecule has 8 nitrogen and oxygen atoms in total. The maximum absolute atomic E-state index is 10.4. The summed E-state index contributed by atoms with van der Waals surface area (Å²) in [5.41, 5.74) is -3.22. The Morgan fingerprint density at radius 1 is 1.14 bits per heavy atom. The molecule has 80 valence electrons. The summed E-state index contributed by atoms with van der Waals surface area (Å²) in [6, 6.07) is 0. The van der Waals surface area contributed by atoms with E-state index in [-0.39, 0.29) is 0 Å². The topological polar surface area (TPSA) is 152 Å². The molecule has 0 saturated heterocycles. The van der Waals surface area contributed by atoms with Gasteiger partial charge in [0.05, 0.1) is 6.42 Å². The van der Waals surface area contributed by atoms with Gasteiger partial charge < -0.3 is 25.5 Å². The van der Waals surface area contributed by atoms with Crippen molar-refractivity contribution in [2.45, 2.75) is 18.1 Å². The van der Waals surface area contributed by atoms with Crippen LogP contribution in [-0.2, 0) is 14.4 Å². The highest BCUT2D eigenvalue weighted by Gasteiger charge is 2.49. The lowest BCUT2D eigenvalue weighted by molar-refractivity contribution is -0.187. The van der Waals surface area contributed by atoms with E-state index in [1.165, 1.54) is 0 Å². The molecule has 0 heterocycles. The number of carboxylic acids is 3. The van der Waals surface area contributed by atoms with E-state index in [2.05, 4.69) is 0 Å². The van der Waals surface area contributed by atoms with Crippen molar-refractivity contribution >= 4 is 17.9 Å². The standard InChI is InChI=1S/C6H8O8/c7-2(8)1-6(14,5(12)13)3(9)4(10)11/h3,9,14H,1H2,(H,7,8)(H,10,11)(H,12,13)/t3-,6?/m0/s1. The van der Waals surface area contributed by atoms with Crippen LogP contribution < -0.4 is 0 Å². The van der Waals surface area contributed by atoms with E-state index in [0.29, 0.717) is 0 Å². The zero-order chi connectivity index (χ0) is 11.5. The van der Waals surface area contributed by atoms with Crippen molar-refractivity contribution in [3.8, 4) is 0 Å². The monoisotopic (exact) mass is 208 g/mol. The van der Waals surface area contributed by atoms with Gasteiger partial charge in [-0.05, 0) is 0 Å². The first-order valence-electron chi connectivity index (χ1n) is 3.30. The molecule has 0 aliphatic rings. The Bertz CT molecular complexity index is 271. The molecular formula is C6H8O8. The second-order valence-electron chi connectivity index (χ2n) is 2.54. The molecule has 0 aromatic heterocycles. The predicted molar refractivity (Wildman–Crippen MR) is 38.5 cm³/mol. The number of aliphatic hydroxyl groups is 2. The molecule has 0 amide bonds. The zero-order valence-corrected chi connectivity index (χ0v) is 6.75. The Morgan fingerprint density at radius 3 is 1.79 bits per heavy atom. The van der Waals surface area contributed by atoms with E-state index in [4.69, 9.17) is 25.5 Å². The lowest BCUT2D eigenvalue weighted by atomic mass is 9.93. The third-order valence-electron chi connectivity index (χ3n) is 1.48. The second-order valence-corrected chi connectivity index (χ2v) is 2.54. The van der Waals surface area contributed by atoms with Crippen molar-refractivity contribution in [3.63, 3.8) is 0 Å². The molecule has 0 radical (unpaired) electrons. The molecule has 8 heteroatoms. The van der Waals surface area contributed by atoms with E-state index in [0.717, 1.165) is 0 Å². The Balaban J connectivity index is 4.99. The van der Waals surface area contributed by atoms with Crippen molar-refractivity contribution in [1.29, 1.82) is 0 Å². The van der Waals surface area contributed by atoms with Crippen LogP contribution in [0.4, 0.5) is 0 Å². The Hall–Kier alpha value is -1.67. The van der Waals surface area contributed by atoms with Gasteiger partial charge in [-0.1, -0.05) is 0 Å². The van der Waals surface area contributed by atoms with Crippen LogP contribution in [0.2, 0.25) is 0 Å². The van der Waals surface area contributed by atoms with E-state index in [1.807, 2.05) is 0 Å². The van der Waals surface area contributed by atoms with Crippen molar-refractivity contribution in [2.24, 2.45) is 0 Å². The lowest BCUT2D eigenvalue weighted by Gasteiger charge is -2.23. The Morgan fingerprint density at radius 2 is 1.57 bits per heavy atom. The van der Waals surface area contributed by atoms with Crippen LogP contribution >= 0.6 is 0 Å². The van der Waals surface area contributed by atoms with Gasteiger partial charge in [0, 0.05) is 0 Å². The largest absolute Gasteiger partial charge is 0.481 e. The molecule has 0 aromatic carbocycles. The third-order valence-corrected chi connectivity index (χ3v) is 1.48. The van der Waals surface area contributed by atoms with Crippen LogP contribution in [0.3, 0.4) is 0 Å². The second kappa shape index (κ2) is 4.03. The summed E-state index contributed by atoms with van der Waals surface area (Å²) in [6.07, 6.45) is -4.11. The zero-order valence-electron chi connectivity index (χ0n) is 6.75. The van der Waals surface area contributed by atoms with Gasteiger partial charge in [-0.25, -0.2) is 9.59 Å². The molecule has 0 spiro atoms. The number of hydrogen-bond donors (Lipinski definition) is 5. The van der Waals surface area contributed by atoms with Gasteiger partial charge in [0.25, 0.3) is 0 Å². The number of carboxylic acid groups (broad SMARTS) is 3. The molecule has 0 aliphatic carbocycles. The molecular weight excluding hydrogens is 200 g/mol. The summed E-state index contributed by atoms with van der Waals surface area (Å²) < 4.78 is 0. The molecule has 1 unspecified atom stereocenters. The van der Waals surface area contributed by atoms with Crippen molar-refractivity contribution in [2.75, 3.05) is 0 Å². The van der Waals surface area contributed by atoms with Crippen molar-refractivity contribution in [3.05, 3.63) is 0 Å². The van der Waals surface area contributed by atoms with Gasteiger partial charge in [0.15, 0.2) is 6.10 Å². The number of aliphatic carboxylic acids is 3. The number of rotatable bonds is 5. The van der Waals surface area contributed by atoms with Crippen molar-refractivity contribution < 1.29 is 39.9 Å². The minimum absolute atomic E-state index is 1.41. The lowest BCUT2D eigenvalue weighted by Crippen LogP contribution is -2.54. The summed E-state index contributed by atoms with van der Waals surface area (Å²) >= 11 is 0. The van der Waals surface area contributed by atoms with Crippen LogP contribution in [0.25, 0.3) is 0 Å². The molecule has 5 N–H and O–H groups in total. The molecule has 2 atom stereocenters. The van der Waals surface area contributed by atoms with Crippen molar-refractivity contribution in [1.82, 2.24) is 0 Å². The average molecular weight is 208 g/mol. The summed E-state index contributed by atoms with van der Waals surface area (Å²) in [6.45, 7) is 0. The molecule has 0 bridgehead atoms. The maximum Gasteiger partial charge on any atom is 0.339 e. The number of hydrogen-bond acceptors (Lipinski definition) is 5. The smallest absolute Gasteiger partial charge is 0.339 e. The highest BCUT2D eigenvalue weighted by atomic mass is 16.4. The van der Waals surface area contributed by atoms with Gasteiger partial charge >= 0.3 is 17.9 Å². The molecule has 0 aliphatic heterocycles. The van der Waals surface area contributed by atoms with E-state index in [9.17, 15) is 14.4 Å². The molecule has 14 heavy (non-hydrogen) atoms. The number of carbonyl (C=O) groups is 3. The van der Waals surface area contributed by atoms with E-state index < -0.39 is 36.0 Å². The van der Waals surface area contributed by atoms with Crippen LogP contribution in [0, 0.1) is 0 Å². The Kier molecular flexibility index (Phi) is 3.55. The quantitative estimate of drug-likeness (QED) is 0.338. The number of aliphatic hydroxyl groups excluding tert-OH is 1. The predicted octanol–water partition coefficient (Wildman–Crippen LogP) is -2.28. The molecule has 0 aromatic rings. The minimum atomic E-state index is -3.22. The fourth-order valence-corrected chi connectivity index (χ4v) is 0.724. The Labute approximate surface area is 77.0 Å². The highest BCUT2D eigenvalue weighted by Crippen LogP contribution is 2.16. The normalized spacial score (nSPS) is 16.7. The minimum Gasteiger partial charge on any atom is -0.481 e. The van der Waals surface area contributed by atoms with Crippen LogP contribution in [0.1, 0.15) is 6.42 Å². The van der Waals surface area contributed by atoms with E-state index in [1.54, 1.807) is 0 Å². The van der Waals surface area contributed by atoms with Gasteiger partial charge in [-0.3, -0.25) is 4.79 Å². The first-order chi connectivity index (χ1) is 6.21.